The molecule has 1 N–H and O–H groups in total. The molecule has 0 unspecified atom stereocenters. The monoisotopic (exact) mass is 630 g/mol. The third-order valence-corrected chi connectivity index (χ3v) is 6.81. The Morgan fingerprint density at radius 1 is 0.810 bits per heavy atom. The summed E-state index contributed by atoms with van der Waals surface area (Å²) in [5, 5.41) is 2.16. The van der Waals surface area contributed by atoms with Gasteiger partial charge in [0.2, 0.25) is 0 Å². The second-order valence-electron chi connectivity index (χ2n) is 9.16. The summed E-state index contributed by atoms with van der Waals surface area (Å²) in [5.41, 5.74) is 2.07. The van der Waals surface area contributed by atoms with E-state index in [0.717, 1.165) is 28.2 Å². The molecular weight excluding hydrogens is 607 g/mol. The highest BCUT2D eigenvalue weighted by Crippen LogP contribution is 2.31. The van der Waals surface area contributed by atoms with Crippen LogP contribution in [0.4, 0.5) is 14.9 Å². The van der Waals surface area contributed by atoms with E-state index in [-0.39, 0.29) is 17.9 Å². The highest BCUT2D eigenvalue weighted by atomic mass is 79.9. The van der Waals surface area contributed by atoms with Gasteiger partial charge in [-0.05, 0) is 71.8 Å². The highest BCUT2D eigenvalue weighted by Gasteiger charge is 2.37. The van der Waals surface area contributed by atoms with Gasteiger partial charge in [-0.2, -0.15) is 0 Å². The van der Waals surface area contributed by atoms with Crippen molar-refractivity contribution in [3.8, 4) is 17.2 Å². The van der Waals surface area contributed by atoms with Gasteiger partial charge in [0, 0.05) is 10.0 Å². The van der Waals surface area contributed by atoms with Crippen molar-refractivity contribution in [1.29, 1.82) is 0 Å². The summed E-state index contributed by atoms with van der Waals surface area (Å²) in [4.78, 5) is 39.2. The summed E-state index contributed by atoms with van der Waals surface area (Å²) in [7, 11) is 1.56. The molecule has 0 aromatic heterocycles. The average Bonchev–Trinajstić information content (AvgIpc) is 2.99. The Bertz CT molecular complexity index is 1670. The van der Waals surface area contributed by atoms with E-state index in [1.165, 1.54) is 18.2 Å². The van der Waals surface area contributed by atoms with Crippen molar-refractivity contribution in [2.75, 3.05) is 12.0 Å². The summed E-state index contributed by atoms with van der Waals surface area (Å²) >= 11 is 3.41. The number of barbiturate groups is 1. The van der Waals surface area contributed by atoms with Crippen LogP contribution in [0, 0.1) is 5.82 Å². The first-order chi connectivity index (χ1) is 20.3. The van der Waals surface area contributed by atoms with Crippen molar-refractivity contribution in [2.24, 2.45) is 0 Å². The van der Waals surface area contributed by atoms with Crippen molar-refractivity contribution in [3.63, 3.8) is 0 Å². The molecule has 4 aromatic rings. The van der Waals surface area contributed by atoms with Gasteiger partial charge in [-0.1, -0.05) is 52.3 Å². The van der Waals surface area contributed by atoms with E-state index in [1.54, 1.807) is 31.4 Å². The van der Waals surface area contributed by atoms with Crippen molar-refractivity contribution in [3.05, 3.63) is 124 Å². The number of methoxy groups -OCH3 is 1. The van der Waals surface area contributed by atoms with Crippen LogP contribution in [0.5, 0.6) is 17.2 Å². The molecule has 8 nitrogen and oxygen atoms in total. The van der Waals surface area contributed by atoms with Crippen molar-refractivity contribution < 1.29 is 33.0 Å². The number of imide groups is 2. The molecular formula is C32H24BrFN2O6. The normalized spacial score (nSPS) is 14.1. The van der Waals surface area contributed by atoms with Crippen LogP contribution in [-0.4, -0.2) is 25.0 Å². The molecule has 0 radical (unpaired) electrons. The summed E-state index contributed by atoms with van der Waals surface area (Å²) in [6.45, 7) is 0.536. The first-order valence-electron chi connectivity index (χ1n) is 12.8. The number of carbonyl (C=O) groups excluding carboxylic acids is 3. The van der Waals surface area contributed by atoms with E-state index in [0.29, 0.717) is 33.9 Å². The van der Waals surface area contributed by atoms with Gasteiger partial charge < -0.3 is 14.2 Å². The third-order valence-electron chi connectivity index (χ3n) is 6.32. The first-order valence-corrected chi connectivity index (χ1v) is 13.5. The van der Waals surface area contributed by atoms with Crippen LogP contribution in [0.2, 0.25) is 0 Å². The van der Waals surface area contributed by atoms with E-state index in [4.69, 9.17) is 14.2 Å². The lowest BCUT2D eigenvalue weighted by Crippen LogP contribution is -2.54. The molecule has 0 bridgehead atoms. The largest absolute Gasteiger partial charge is 0.493 e. The number of nitrogens with one attached hydrogen (secondary N) is 1. The lowest BCUT2D eigenvalue weighted by atomic mass is 10.1. The van der Waals surface area contributed by atoms with Gasteiger partial charge in [-0.25, -0.2) is 14.1 Å². The molecule has 0 saturated carbocycles. The molecule has 0 aliphatic carbocycles. The molecule has 1 aliphatic rings. The molecule has 0 spiro atoms. The molecule has 10 heteroatoms. The maximum Gasteiger partial charge on any atom is 0.335 e. The standard InChI is InChI=1S/C32H24BrFN2O6/c1-40-29-15-21(7-13-28(29)42-18-20-5-3-2-4-6-20)19-41-27-14-8-23(33)16-22(27)17-26-30(37)35-32(39)36(31(26)38)25-11-9-24(34)10-12-25/h2-17H,18-19H2,1H3,(H,35,37,39)/b26-17+. The number of hydrogen-bond acceptors (Lipinski definition) is 6. The number of anilines is 1. The maximum atomic E-state index is 13.4. The maximum absolute atomic E-state index is 13.4. The van der Waals surface area contributed by atoms with Crippen LogP contribution in [0.25, 0.3) is 6.08 Å². The minimum atomic E-state index is -0.926. The molecule has 1 heterocycles. The highest BCUT2D eigenvalue weighted by molar-refractivity contribution is 9.10. The van der Waals surface area contributed by atoms with Gasteiger partial charge in [-0.3, -0.25) is 14.9 Å². The Hall–Kier alpha value is -4.96. The average molecular weight is 631 g/mol. The summed E-state index contributed by atoms with van der Waals surface area (Å²) < 4.78 is 31.6. The zero-order valence-electron chi connectivity index (χ0n) is 22.3. The van der Waals surface area contributed by atoms with Crippen LogP contribution in [0.1, 0.15) is 16.7 Å². The SMILES string of the molecule is COc1cc(COc2ccc(Br)cc2/C=C2\C(=O)NC(=O)N(c3ccc(F)cc3)C2=O)ccc1OCc1ccccc1. The number of carbonyl (C=O) groups is 3. The minimum Gasteiger partial charge on any atom is -0.493 e. The topological polar surface area (TPSA) is 94.2 Å². The van der Waals surface area contributed by atoms with Crippen LogP contribution >= 0.6 is 15.9 Å². The number of urea groups is 1. The molecule has 1 saturated heterocycles. The summed E-state index contributed by atoms with van der Waals surface area (Å²) in [6, 6.07) is 24.2. The van der Waals surface area contributed by atoms with Gasteiger partial charge in [-0.15, -0.1) is 0 Å². The number of rotatable bonds is 9. The second kappa shape index (κ2) is 12.7. The molecule has 4 aromatic carbocycles. The van der Waals surface area contributed by atoms with Crippen LogP contribution < -0.4 is 24.4 Å². The zero-order valence-corrected chi connectivity index (χ0v) is 23.9. The smallest absolute Gasteiger partial charge is 0.335 e. The fourth-order valence-electron chi connectivity index (χ4n) is 4.22. The van der Waals surface area contributed by atoms with Crippen LogP contribution in [0.15, 0.2) is 101 Å². The van der Waals surface area contributed by atoms with Crippen LogP contribution in [0.3, 0.4) is 0 Å². The van der Waals surface area contributed by atoms with Gasteiger partial charge in [0.15, 0.2) is 11.5 Å². The third kappa shape index (κ3) is 6.50. The second-order valence-corrected chi connectivity index (χ2v) is 10.1. The quantitative estimate of drug-likeness (QED) is 0.169. The minimum absolute atomic E-state index is 0.119. The number of ether oxygens (including phenoxy) is 3. The predicted octanol–water partition coefficient (Wildman–Crippen LogP) is 6.42. The molecule has 1 aliphatic heterocycles. The Kier molecular flexibility index (Phi) is 8.63. The Balaban J connectivity index is 1.36. The van der Waals surface area contributed by atoms with Crippen molar-refractivity contribution in [1.82, 2.24) is 5.32 Å². The molecule has 4 amide bonds. The number of amides is 4. The zero-order chi connectivity index (χ0) is 29.6. The van der Waals surface area contributed by atoms with E-state index < -0.39 is 23.7 Å². The van der Waals surface area contributed by atoms with Gasteiger partial charge in [0.1, 0.15) is 30.4 Å². The van der Waals surface area contributed by atoms with Crippen molar-refractivity contribution in [2.45, 2.75) is 13.2 Å². The van der Waals surface area contributed by atoms with Gasteiger partial charge >= 0.3 is 6.03 Å². The van der Waals surface area contributed by atoms with Crippen molar-refractivity contribution >= 4 is 45.5 Å². The Morgan fingerprint density at radius 2 is 1.50 bits per heavy atom. The number of benzene rings is 4. The molecule has 212 valence electrons. The van der Waals surface area contributed by atoms with Gasteiger partial charge in [0.05, 0.1) is 12.8 Å². The summed E-state index contributed by atoms with van der Waals surface area (Å²) in [5.74, 6) is -0.720. The Morgan fingerprint density at radius 3 is 2.24 bits per heavy atom. The summed E-state index contributed by atoms with van der Waals surface area (Å²) in [6.07, 6.45) is 1.35. The van der Waals surface area contributed by atoms with E-state index >= 15 is 0 Å². The predicted molar refractivity (Wildman–Crippen MR) is 158 cm³/mol. The molecule has 42 heavy (non-hydrogen) atoms. The van der Waals surface area contributed by atoms with Gasteiger partial charge in [0.25, 0.3) is 11.8 Å². The van der Waals surface area contributed by atoms with E-state index in [1.807, 2.05) is 42.5 Å². The fraction of sp³-hybridized carbons (Fsp3) is 0.0938. The number of halogens is 2. The number of nitrogens with zero attached hydrogens (tertiary/aromatic N) is 1. The van der Waals surface area contributed by atoms with Crippen LogP contribution in [-0.2, 0) is 22.8 Å². The lowest BCUT2D eigenvalue weighted by molar-refractivity contribution is -0.122. The fourth-order valence-corrected chi connectivity index (χ4v) is 4.60. The molecule has 5 rings (SSSR count). The number of hydrogen-bond donors (Lipinski definition) is 1. The Labute approximate surface area is 249 Å². The molecule has 1 fully saturated rings. The van der Waals surface area contributed by atoms with E-state index in [2.05, 4.69) is 21.2 Å². The first kappa shape index (κ1) is 28.6. The lowest BCUT2D eigenvalue weighted by Gasteiger charge is -2.26. The van der Waals surface area contributed by atoms with E-state index in [9.17, 15) is 18.8 Å². The molecule has 0 atom stereocenters.